The Labute approximate surface area is 90.3 Å². The van der Waals surface area contributed by atoms with Gasteiger partial charge in [0.1, 0.15) is 12.0 Å². The molecule has 15 heavy (non-hydrogen) atoms. The number of benzene rings is 1. The quantitative estimate of drug-likeness (QED) is 0.707. The van der Waals surface area contributed by atoms with Crippen molar-refractivity contribution < 1.29 is 9.53 Å². The molecule has 1 aromatic carbocycles. The third kappa shape index (κ3) is 2.04. The predicted octanol–water partition coefficient (Wildman–Crippen LogP) is 3.17. The van der Waals surface area contributed by atoms with Gasteiger partial charge in [0, 0.05) is 5.56 Å². The van der Waals surface area contributed by atoms with E-state index in [0.717, 1.165) is 12.0 Å². The molecule has 1 aromatic rings. The molecule has 0 spiro atoms. The van der Waals surface area contributed by atoms with E-state index in [1.165, 1.54) is 31.2 Å². The number of aldehydes is 1. The van der Waals surface area contributed by atoms with Gasteiger partial charge in [0.2, 0.25) is 0 Å². The average molecular weight is 204 g/mol. The lowest BCUT2D eigenvalue weighted by molar-refractivity contribution is 0.112. The zero-order valence-corrected chi connectivity index (χ0v) is 9.03. The van der Waals surface area contributed by atoms with Gasteiger partial charge < -0.3 is 4.74 Å². The van der Waals surface area contributed by atoms with Gasteiger partial charge in [-0.15, -0.1) is 0 Å². The van der Waals surface area contributed by atoms with Gasteiger partial charge in [-0.2, -0.15) is 0 Å². The van der Waals surface area contributed by atoms with Crippen LogP contribution in [0.5, 0.6) is 5.75 Å². The molecule has 0 unspecified atom stereocenters. The molecule has 0 atom stereocenters. The molecule has 1 saturated carbocycles. The van der Waals surface area contributed by atoms with Crippen LogP contribution in [0.2, 0.25) is 0 Å². The maximum absolute atomic E-state index is 10.7. The minimum Gasteiger partial charge on any atom is -0.496 e. The number of hydrogen-bond donors (Lipinski definition) is 0. The van der Waals surface area contributed by atoms with Crippen LogP contribution < -0.4 is 4.74 Å². The molecule has 0 heterocycles. The molecular formula is C13H16O2. The first-order valence-electron chi connectivity index (χ1n) is 5.48. The van der Waals surface area contributed by atoms with Crippen LogP contribution in [-0.2, 0) is 0 Å². The van der Waals surface area contributed by atoms with Crippen molar-refractivity contribution in [2.24, 2.45) is 0 Å². The van der Waals surface area contributed by atoms with Gasteiger partial charge in [-0.05, 0) is 30.4 Å². The van der Waals surface area contributed by atoms with Gasteiger partial charge >= 0.3 is 0 Å². The Morgan fingerprint density at radius 3 is 2.67 bits per heavy atom. The van der Waals surface area contributed by atoms with Gasteiger partial charge in [0.05, 0.1) is 7.11 Å². The second-order valence-corrected chi connectivity index (χ2v) is 4.10. The molecule has 0 aromatic heterocycles. The minimum absolute atomic E-state index is 0.626. The largest absolute Gasteiger partial charge is 0.496 e. The molecule has 0 saturated heterocycles. The Morgan fingerprint density at radius 1 is 1.33 bits per heavy atom. The van der Waals surface area contributed by atoms with Gasteiger partial charge in [-0.25, -0.2) is 0 Å². The van der Waals surface area contributed by atoms with Crippen LogP contribution >= 0.6 is 0 Å². The number of rotatable bonds is 3. The van der Waals surface area contributed by atoms with Crippen molar-refractivity contribution in [3.05, 3.63) is 29.3 Å². The van der Waals surface area contributed by atoms with Crippen molar-refractivity contribution in [2.45, 2.75) is 31.6 Å². The van der Waals surface area contributed by atoms with Crippen molar-refractivity contribution >= 4 is 6.29 Å². The maximum Gasteiger partial charge on any atom is 0.150 e. The van der Waals surface area contributed by atoms with E-state index in [4.69, 9.17) is 4.74 Å². The second kappa shape index (κ2) is 4.47. The molecule has 0 amide bonds. The van der Waals surface area contributed by atoms with Gasteiger partial charge in [-0.1, -0.05) is 25.0 Å². The first kappa shape index (κ1) is 10.2. The predicted molar refractivity (Wildman–Crippen MR) is 59.6 cm³/mol. The molecule has 1 aliphatic rings. The van der Waals surface area contributed by atoms with E-state index in [2.05, 4.69) is 0 Å². The Kier molecular flexibility index (Phi) is 3.05. The summed E-state index contributed by atoms with van der Waals surface area (Å²) in [6.45, 7) is 0. The first-order valence-corrected chi connectivity index (χ1v) is 5.48. The summed E-state index contributed by atoms with van der Waals surface area (Å²) in [5, 5.41) is 0. The Bertz CT molecular complexity index is 352. The lowest BCUT2D eigenvalue weighted by atomic mass is 9.95. The topological polar surface area (TPSA) is 26.3 Å². The minimum atomic E-state index is 0.626. The van der Waals surface area contributed by atoms with Crippen molar-refractivity contribution in [3.63, 3.8) is 0 Å². The fourth-order valence-corrected chi connectivity index (χ4v) is 2.38. The van der Waals surface area contributed by atoms with E-state index in [0.29, 0.717) is 11.5 Å². The normalized spacial score (nSPS) is 16.6. The molecule has 1 aliphatic carbocycles. The highest BCUT2D eigenvalue weighted by atomic mass is 16.5. The Balaban J connectivity index is 2.33. The van der Waals surface area contributed by atoms with Crippen molar-refractivity contribution in [1.29, 1.82) is 0 Å². The third-order valence-corrected chi connectivity index (χ3v) is 3.19. The summed E-state index contributed by atoms with van der Waals surface area (Å²) in [4.78, 5) is 10.7. The Hall–Kier alpha value is -1.31. The summed E-state index contributed by atoms with van der Waals surface area (Å²) in [7, 11) is 1.67. The molecule has 0 N–H and O–H groups in total. The summed E-state index contributed by atoms with van der Waals surface area (Å²) in [5.74, 6) is 1.49. The molecule has 80 valence electrons. The summed E-state index contributed by atoms with van der Waals surface area (Å²) in [5.41, 5.74) is 1.95. The molecule has 0 bridgehead atoms. The summed E-state index contributed by atoms with van der Waals surface area (Å²) < 4.78 is 5.34. The maximum atomic E-state index is 10.7. The highest BCUT2D eigenvalue weighted by Crippen LogP contribution is 2.38. The van der Waals surface area contributed by atoms with Gasteiger partial charge in [0.25, 0.3) is 0 Å². The lowest BCUT2D eigenvalue weighted by Gasteiger charge is -2.14. The summed E-state index contributed by atoms with van der Waals surface area (Å²) >= 11 is 0. The summed E-state index contributed by atoms with van der Waals surface area (Å²) in [6, 6.07) is 5.75. The second-order valence-electron chi connectivity index (χ2n) is 4.10. The Morgan fingerprint density at radius 2 is 2.07 bits per heavy atom. The number of carbonyl (C=O) groups excluding carboxylic acids is 1. The average Bonchev–Trinajstić information content (AvgIpc) is 2.81. The monoisotopic (exact) mass is 204 g/mol. The smallest absolute Gasteiger partial charge is 0.150 e. The van der Waals surface area contributed by atoms with Gasteiger partial charge in [0.15, 0.2) is 0 Å². The standard InChI is InChI=1S/C13H16O2/c1-15-13-8-10(9-14)6-7-12(13)11-4-2-3-5-11/h6-9,11H,2-5H2,1H3. The first-order chi connectivity index (χ1) is 7.35. The third-order valence-electron chi connectivity index (χ3n) is 3.19. The molecule has 2 rings (SSSR count). The molecule has 2 nitrogen and oxygen atoms in total. The highest BCUT2D eigenvalue weighted by molar-refractivity contribution is 5.76. The van der Waals surface area contributed by atoms with E-state index in [9.17, 15) is 4.79 Å². The molecule has 0 radical (unpaired) electrons. The summed E-state index contributed by atoms with van der Waals surface area (Å²) in [6.07, 6.45) is 5.97. The number of ether oxygens (including phenoxy) is 1. The fourth-order valence-electron chi connectivity index (χ4n) is 2.38. The van der Waals surface area contributed by atoms with E-state index in [-0.39, 0.29) is 0 Å². The lowest BCUT2D eigenvalue weighted by Crippen LogP contribution is -1.98. The van der Waals surface area contributed by atoms with Crippen LogP contribution in [-0.4, -0.2) is 13.4 Å². The van der Waals surface area contributed by atoms with Crippen LogP contribution in [0.1, 0.15) is 47.5 Å². The van der Waals surface area contributed by atoms with Crippen molar-refractivity contribution in [3.8, 4) is 5.75 Å². The van der Waals surface area contributed by atoms with Crippen LogP contribution in [0.4, 0.5) is 0 Å². The molecule has 0 aliphatic heterocycles. The van der Waals surface area contributed by atoms with Crippen LogP contribution in [0, 0.1) is 0 Å². The van der Waals surface area contributed by atoms with Crippen LogP contribution in [0.25, 0.3) is 0 Å². The van der Waals surface area contributed by atoms with E-state index in [1.54, 1.807) is 7.11 Å². The molecule has 2 heteroatoms. The van der Waals surface area contributed by atoms with E-state index in [1.807, 2.05) is 18.2 Å². The number of carbonyl (C=O) groups is 1. The number of methoxy groups -OCH3 is 1. The van der Waals surface area contributed by atoms with Gasteiger partial charge in [-0.3, -0.25) is 4.79 Å². The number of hydrogen-bond acceptors (Lipinski definition) is 2. The molecular weight excluding hydrogens is 188 g/mol. The van der Waals surface area contributed by atoms with Crippen molar-refractivity contribution in [1.82, 2.24) is 0 Å². The van der Waals surface area contributed by atoms with E-state index < -0.39 is 0 Å². The van der Waals surface area contributed by atoms with Crippen LogP contribution in [0.15, 0.2) is 18.2 Å². The molecule has 1 fully saturated rings. The zero-order chi connectivity index (χ0) is 10.7. The fraction of sp³-hybridized carbons (Fsp3) is 0.462. The van der Waals surface area contributed by atoms with E-state index >= 15 is 0 Å². The van der Waals surface area contributed by atoms with Crippen LogP contribution in [0.3, 0.4) is 0 Å². The zero-order valence-electron chi connectivity index (χ0n) is 9.03. The highest BCUT2D eigenvalue weighted by Gasteiger charge is 2.20. The SMILES string of the molecule is COc1cc(C=O)ccc1C1CCCC1. The van der Waals surface area contributed by atoms with Crippen molar-refractivity contribution in [2.75, 3.05) is 7.11 Å².